The number of hydrogen-bond acceptors (Lipinski definition) is 2. The van der Waals surface area contributed by atoms with Crippen LogP contribution in [0.25, 0.3) is 0 Å². The van der Waals surface area contributed by atoms with E-state index in [1.165, 1.54) is 18.6 Å². The second-order valence-corrected chi connectivity index (χ2v) is 6.59. The van der Waals surface area contributed by atoms with Crippen molar-refractivity contribution >= 4 is 33.6 Å². The number of benzene rings is 1. The molecule has 92 valence electrons. The minimum atomic E-state index is 0.0214. The van der Waals surface area contributed by atoms with Crippen LogP contribution in [0.2, 0.25) is 0 Å². The molecular weight excluding hydrogens is 298 g/mol. The molecule has 1 aromatic carbocycles. The van der Waals surface area contributed by atoms with Gasteiger partial charge in [0, 0.05) is 16.3 Å². The molecule has 1 saturated heterocycles. The third kappa shape index (κ3) is 3.49. The fourth-order valence-electron chi connectivity index (χ4n) is 1.92. The van der Waals surface area contributed by atoms with Crippen LogP contribution in [0.1, 0.15) is 28.8 Å². The summed E-state index contributed by atoms with van der Waals surface area (Å²) in [5.41, 5.74) is 1.83. The maximum atomic E-state index is 12.0. The standard InChI is InChI=1S/C13H16BrNOS/c1-9-4-5-12(14)11(7-9)13(16)15-8-10-3-2-6-17-10/h4-5,7,10H,2-3,6,8H2,1H3,(H,15,16). The number of rotatable bonds is 3. The Bertz CT molecular complexity index is 416. The first-order chi connectivity index (χ1) is 8.16. The van der Waals surface area contributed by atoms with Crippen molar-refractivity contribution < 1.29 is 4.79 Å². The SMILES string of the molecule is Cc1ccc(Br)c(C(=O)NCC2CCCS2)c1. The average molecular weight is 314 g/mol. The van der Waals surface area contributed by atoms with E-state index in [4.69, 9.17) is 0 Å². The lowest BCUT2D eigenvalue weighted by atomic mass is 10.1. The zero-order chi connectivity index (χ0) is 12.3. The number of hydrogen-bond donors (Lipinski definition) is 1. The molecule has 1 unspecified atom stereocenters. The van der Waals surface area contributed by atoms with Crippen molar-refractivity contribution in [2.75, 3.05) is 12.3 Å². The van der Waals surface area contributed by atoms with Gasteiger partial charge in [0.15, 0.2) is 0 Å². The molecule has 2 nitrogen and oxygen atoms in total. The number of aryl methyl sites for hydroxylation is 1. The topological polar surface area (TPSA) is 29.1 Å². The number of halogens is 1. The molecule has 0 saturated carbocycles. The van der Waals surface area contributed by atoms with Crippen LogP contribution in [0.15, 0.2) is 22.7 Å². The van der Waals surface area contributed by atoms with E-state index in [0.29, 0.717) is 5.25 Å². The van der Waals surface area contributed by atoms with Crippen LogP contribution in [-0.2, 0) is 0 Å². The highest BCUT2D eigenvalue weighted by molar-refractivity contribution is 9.10. The van der Waals surface area contributed by atoms with E-state index in [0.717, 1.165) is 22.1 Å². The Morgan fingerprint density at radius 3 is 3.12 bits per heavy atom. The van der Waals surface area contributed by atoms with Gasteiger partial charge in [-0.15, -0.1) is 0 Å². The Morgan fingerprint density at radius 1 is 1.59 bits per heavy atom. The van der Waals surface area contributed by atoms with Gasteiger partial charge in [0.2, 0.25) is 0 Å². The molecule has 17 heavy (non-hydrogen) atoms. The van der Waals surface area contributed by atoms with Gasteiger partial charge in [-0.3, -0.25) is 4.79 Å². The van der Waals surface area contributed by atoms with Crippen LogP contribution in [0.4, 0.5) is 0 Å². The highest BCUT2D eigenvalue weighted by Gasteiger charge is 2.17. The van der Waals surface area contributed by atoms with E-state index in [2.05, 4.69) is 21.2 Å². The molecule has 1 fully saturated rings. The Hall–Kier alpha value is -0.480. The molecule has 1 aliphatic heterocycles. The molecule has 1 aliphatic rings. The first-order valence-corrected chi connectivity index (χ1v) is 7.67. The third-order valence-electron chi connectivity index (χ3n) is 2.88. The quantitative estimate of drug-likeness (QED) is 0.927. The fraction of sp³-hybridized carbons (Fsp3) is 0.462. The first-order valence-electron chi connectivity index (χ1n) is 5.83. The Morgan fingerprint density at radius 2 is 2.41 bits per heavy atom. The molecule has 2 rings (SSSR count). The minimum Gasteiger partial charge on any atom is -0.351 e. The molecule has 0 spiro atoms. The number of thioether (sulfide) groups is 1. The zero-order valence-corrected chi connectivity index (χ0v) is 12.2. The van der Waals surface area contributed by atoms with Gasteiger partial charge in [0.25, 0.3) is 5.91 Å². The Labute approximate surface area is 115 Å². The van der Waals surface area contributed by atoms with E-state index in [-0.39, 0.29) is 5.91 Å². The average Bonchev–Trinajstić information content (AvgIpc) is 2.82. The van der Waals surface area contributed by atoms with Crippen molar-refractivity contribution in [3.63, 3.8) is 0 Å². The van der Waals surface area contributed by atoms with Crippen molar-refractivity contribution in [1.29, 1.82) is 0 Å². The Kier molecular flexibility index (Phi) is 4.51. The van der Waals surface area contributed by atoms with Gasteiger partial charge < -0.3 is 5.32 Å². The predicted molar refractivity (Wildman–Crippen MR) is 76.7 cm³/mol. The second kappa shape index (κ2) is 5.91. The van der Waals surface area contributed by atoms with Crippen molar-refractivity contribution in [1.82, 2.24) is 5.32 Å². The summed E-state index contributed by atoms with van der Waals surface area (Å²) in [4.78, 5) is 12.0. The molecule has 0 bridgehead atoms. The maximum Gasteiger partial charge on any atom is 0.252 e. The normalized spacial score (nSPS) is 19.3. The van der Waals surface area contributed by atoms with E-state index in [9.17, 15) is 4.79 Å². The summed E-state index contributed by atoms with van der Waals surface area (Å²) >= 11 is 5.38. The van der Waals surface area contributed by atoms with Gasteiger partial charge in [-0.05, 0) is 53.6 Å². The predicted octanol–water partition coefficient (Wildman–Crippen LogP) is 3.38. The van der Waals surface area contributed by atoms with Gasteiger partial charge in [-0.2, -0.15) is 11.8 Å². The molecule has 1 atom stereocenters. The van der Waals surface area contributed by atoms with E-state index in [1.54, 1.807) is 0 Å². The Balaban J connectivity index is 1.96. The molecule has 1 amide bonds. The third-order valence-corrected chi connectivity index (χ3v) is 4.97. The highest BCUT2D eigenvalue weighted by Crippen LogP contribution is 2.25. The zero-order valence-electron chi connectivity index (χ0n) is 9.83. The molecule has 0 aromatic heterocycles. The van der Waals surface area contributed by atoms with Crippen LogP contribution in [-0.4, -0.2) is 23.5 Å². The first kappa shape index (κ1) is 13.0. The molecule has 0 aliphatic carbocycles. The van der Waals surface area contributed by atoms with Gasteiger partial charge in [-0.25, -0.2) is 0 Å². The number of carbonyl (C=O) groups is 1. The van der Waals surface area contributed by atoms with Crippen LogP contribution in [0.3, 0.4) is 0 Å². The summed E-state index contributed by atoms with van der Waals surface area (Å²) in [5.74, 6) is 1.25. The van der Waals surface area contributed by atoms with Crippen molar-refractivity contribution in [2.24, 2.45) is 0 Å². The summed E-state index contributed by atoms with van der Waals surface area (Å²) in [6.45, 7) is 2.78. The van der Waals surface area contributed by atoms with Crippen LogP contribution in [0, 0.1) is 6.92 Å². The summed E-state index contributed by atoms with van der Waals surface area (Å²) in [7, 11) is 0. The van der Waals surface area contributed by atoms with Crippen LogP contribution in [0.5, 0.6) is 0 Å². The summed E-state index contributed by atoms with van der Waals surface area (Å²) in [6.07, 6.45) is 2.50. The van der Waals surface area contributed by atoms with Gasteiger partial charge >= 0.3 is 0 Å². The minimum absolute atomic E-state index is 0.0214. The van der Waals surface area contributed by atoms with E-state index in [1.807, 2.05) is 36.9 Å². The van der Waals surface area contributed by atoms with Crippen LogP contribution >= 0.6 is 27.7 Å². The van der Waals surface area contributed by atoms with Gasteiger partial charge in [0.05, 0.1) is 5.56 Å². The lowest BCUT2D eigenvalue weighted by Crippen LogP contribution is -2.30. The smallest absolute Gasteiger partial charge is 0.252 e. The van der Waals surface area contributed by atoms with Crippen molar-refractivity contribution in [3.8, 4) is 0 Å². The lowest BCUT2D eigenvalue weighted by molar-refractivity contribution is 0.0953. The van der Waals surface area contributed by atoms with Crippen LogP contribution < -0.4 is 5.32 Å². The molecule has 1 N–H and O–H groups in total. The van der Waals surface area contributed by atoms with Crippen molar-refractivity contribution in [3.05, 3.63) is 33.8 Å². The largest absolute Gasteiger partial charge is 0.351 e. The second-order valence-electron chi connectivity index (χ2n) is 4.33. The number of amides is 1. The summed E-state index contributed by atoms with van der Waals surface area (Å²) < 4.78 is 0.861. The molecule has 1 aromatic rings. The molecule has 1 heterocycles. The fourth-order valence-corrected chi connectivity index (χ4v) is 3.55. The van der Waals surface area contributed by atoms with E-state index >= 15 is 0 Å². The number of nitrogens with one attached hydrogen (secondary N) is 1. The number of carbonyl (C=O) groups excluding carboxylic acids is 1. The molecule has 0 radical (unpaired) electrons. The summed E-state index contributed by atoms with van der Waals surface area (Å²) in [6, 6.07) is 5.84. The molecular formula is C13H16BrNOS. The van der Waals surface area contributed by atoms with Crippen molar-refractivity contribution in [2.45, 2.75) is 25.0 Å². The molecule has 4 heteroatoms. The summed E-state index contributed by atoms with van der Waals surface area (Å²) in [5, 5.41) is 3.62. The van der Waals surface area contributed by atoms with E-state index < -0.39 is 0 Å². The maximum absolute atomic E-state index is 12.0. The highest BCUT2D eigenvalue weighted by atomic mass is 79.9. The monoisotopic (exact) mass is 313 g/mol. The van der Waals surface area contributed by atoms with Gasteiger partial charge in [0.1, 0.15) is 0 Å². The lowest BCUT2D eigenvalue weighted by Gasteiger charge is -2.11. The van der Waals surface area contributed by atoms with Gasteiger partial charge in [-0.1, -0.05) is 11.6 Å².